The molecule has 0 atom stereocenters. The Kier molecular flexibility index (Phi) is 4.42. The van der Waals surface area contributed by atoms with E-state index in [1.165, 1.54) is 11.8 Å². The zero-order valence-corrected chi connectivity index (χ0v) is 14.2. The highest BCUT2D eigenvalue weighted by atomic mass is 16.7. The molecule has 0 unspecified atom stereocenters. The second kappa shape index (κ2) is 7.02. The first-order valence-corrected chi connectivity index (χ1v) is 8.49. The van der Waals surface area contributed by atoms with E-state index < -0.39 is 0 Å². The molecule has 0 saturated carbocycles. The van der Waals surface area contributed by atoms with Crippen molar-refractivity contribution in [1.82, 2.24) is 14.8 Å². The number of amides is 1. The van der Waals surface area contributed by atoms with Gasteiger partial charge in [-0.1, -0.05) is 6.07 Å². The van der Waals surface area contributed by atoms with Crippen LogP contribution in [-0.2, 0) is 6.54 Å². The van der Waals surface area contributed by atoms with Crippen molar-refractivity contribution in [3.8, 4) is 17.6 Å². The molecule has 0 aliphatic carbocycles. The van der Waals surface area contributed by atoms with Crippen molar-refractivity contribution in [3.63, 3.8) is 0 Å². The van der Waals surface area contributed by atoms with E-state index in [9.17, 15) is 4.79 Å². The maximum atomic E-state index is 12.5. The van der Waals surface area contributed by atoms with Gasteiger partial charge in [-0.05, 0) is 29.8 Å². The van der Waals surface area contributed by atoms with E-state index in [0.29, 0.717) is 24.3 Å². The zero-order chi connectivity index (χ0) is 17.9. The molecule has 26 heavy (non-hydrogen) atoms. The fraction of sp³-hybridized carbons (Fsp3) is 0.316. The van der Waals surface area contributed by atoms with Gasteiger partial charge in [0.1, 0.15) is 11.8 Å². The molecule has 1 aromatic carbocycles. The molecule has 0 spiro atoms. The fourth-order valence-corrected chi connectivity index (χ4v) is 3.18. The standard InChI is InChI=1S/C19H18N4O3/c20-10-16-3-2-15(11-21-16)19(24)23-7-5-22(6-8-23)12-14-1-4-17-18(9-14)26-13-25-17/h1-4,9,11H,5-8,12-13H2. The summed E-state index contributed by atoms with van der Waals surface area (Å²) in [5.74, 6) is 1.55. The van der Waals surface area contributed by atoms with Crippen molar-refractivity contribution in [3.05, 3.63) is 53.3 Å². The van der Waals surface area contributed by atoms with E-state index in [4.69, 9.17) is 14.7 Å². The minimum absolute atomic E-state index is 0.0373. The Hall–Kier alpha value is -3.11. The number of carbonyl (C=O) groups is 1. The van der Waals surface area contributed by atoms with Crippen molar-refractivity contribution in [2.45, 2.75) is 6.54 Å². The van der Waals surface area contributed by atoms with Crippen LogP contribution in [0, 0.1) is 11.3 Å². The smallest absolute Gasteiger partial charge is 0.255 e. The number of nitriles is 1. The second-order valence-corrected chi connectivity index (χ2v) is 6.30. The SMILES string of the molecule is N#Cc1ccc(C(=O)N2CCN(Cc3ccc4c(c3)OCO4)CC2)cn1. The molecule has 1 fully saturated rings. The lowest BCUT2D eigenvalue weighted by molar-refractivity contribution is 0.0628. The second-order valence-electron chi connectivity index (χ2n) is 6.30. The third kappa shape index (κ3) is 3.32. The molecular formula is C19H18N4O3. The largest absolute Gasteiger partial charge is 0.454 e. The first kappa shape index (κ1) is 16.4. The van der Waals surface area contributed by atoms with E-state index in [0.717, 1.165) is 31.1 Å². The number of aromatic nitrogens is 1. The highest BCUT2D eigenvalue weighted by molar-refractivity contribution is 5.94. The van der Waals surface area contributed by atoms with Gasteiger partial charge >= 0.3 is 0 Å². The summed E-state index contributed by atoms with van der Waals surface area (Å²) >= 11 is 0. The molecule has 1 aromatic heterocycles. The van der Waals surface area contributed by atoms with Crippen LogP contribution in [0.25, 0.3) is 0 Å². The van der Waals surface area contributed by atoms with Crippen LogP contribution in [0.1, 0.15) is 21.6 Å². The van der Waals surface area contributed by atoms with Crippen LogP contribution in [0.2, 0.25) is 0 Å². The van der Waals surface area contributed by atoms with Crippen LogP contribution < -0.4 is 9.47 Å². The molecule has 0 bridgehead atoms. The number of rotatable bonds is 3. The molecule has 4 rings (SSSR count). The van der Waals surface area contributed by atoms with Gasteiger partial charge in [-0.3, -0.25) is 9.69 Å². The molecule has 132 valence electrons. The number of fused-ring (bicyclic) bond motifs is 1. The summed E-state index contributed by atoms with van der Waals surface area (Å²) in [5.41, 5.74) is 2.01. The van der Waals surface area contributed by atoms with Crippen LogP contribution in [-0.4, -0.2) is 53.7 Å². The van der Waals surface area contributed by atoms with Gasteiger partial charge in [0.05, 0.1) is 5.56 Å². The summed E-state index contributed by atoms with van der Waals surface area (Å²) in [6.45, 7) is 4.06. The molecule has 1 amide bonds. The average molecular weight is 350 g/mol. The first-order chi connectivity index (χ1) is 12.7. The molecule has 2 aliphatic heterocycles. The maximum absolute atomic E-state index is 12.5. The third-order valence-electron chi connectivity index (χ3n) is 4.63. The lowest BCUT2D eigenvalue weighted by Crippen LogP contribution is -2.48. The van der Waals surface area contributed by atoms with Crippen LogP contribution in [0.4, 0.5) is 0 Å². The van der Waals surface area contributed by atoms with Crippen molar-refractivity contribution < 1.29 is 14.3 Å². The van der Waals surface area contributed by atoms with Crippen molar-refractivity contribution in [1.29, 1.82) is 5.26 Å². The highest BCUT2D eigenvalue weighted by Crippen LogP contribution is 2.32. The van der Waals surface area contributed by atoms with Crippen LogP contribution in [0.5, 0.6) is 11.5 Å². The van der Waals surface area contributed by atoms with Crippen LogP contribution in [0.15, 0.2) is 36.5 Å². The summed E-state index contributed by atoms with van der Waals surface area (Å²) in [6, 6.07) is 11.2. The fourth-order valence-electron chi connectivity index (χ4n) is 3.18. The van der Waals surface area contributed by atoms with Gasteiger partial charge in [0, 0.05) is 38.9 Å². The van der Waals surface area contributed by atoms with Crippen molar-refractivity contribution in [2.24, 2.45) is 0 Å². The van der Waals surface area contributed by atoms with E-state index in [1.807, 2.05) is 29.2 Å². The predicted octanol–water partition coefficient (Wildman–Crippen LogP) is 1.64. The average Bonchev–Trinajstić information content (AvgIpc) is 3.16. The minimum Gasteiger partial charge on any atom is -0.454 e. The molecule has 3 heterocycles. The number of hydrogen-bond acceptors (Lipinski definition) is 6. The van der Waals surface area contributed by atoms with E-state index in [1.54, 1.807) is 12.1 Å². The predicted molar refractivity (Wildman–Crippen MR) is 92.7 cm³/mol. The van der Waals surface area contributed by atoms with Crippen LogP contribution in [0.3, 0.4) is 0 Å². The Morgan fingerprint density at radius 1 is 1.12 bits per heavy atom. The normalized spacial score (nSPS) is 16.3. The Morgan fingerprint density at radius 2 is 1.92 bits per heavy atom. The Labute approximate surface area is 151 Å². The summed E-state index contributed by atoms with van der Waals surface area (Å²) in [5, 5.41) is 8.79. The van der Waals surface area contributed by atoms with E-state index in [-0.39, 0.29) is 12.7 Å². The van der Waals surface area contributed by atoms with Crippen LogP contribution >= 0.6 is 0 Å². The number of nitrogens with zero attached hydrogens (tertiary/aromatic N) is 4. The zero-order valence-electron chi connectivity index (χ0n) is 14.2. The molecular weight excluding hydrogens is 332 g/mol. The maximum Gasteiger partial charge on any atom is 0.255 e. The lowest BCUT2D eigenvalue weighted by Gasteiger charge is -2.34. The van der Waals surface area contributed by atoms with Gasteiger partial charge in [0.2, 0.25) is 6.79 Å². The van der Waals surface area contributed by atoms with Gasteiger partial charge in [-0.15, -0.1) is 0 Å². The number of hydrogen-bond donors (Lipinski definition) is 0. The first-order valence-electron chi connectivity index (χ1n) is 8.49. The molecule has 0 N–H and O–H groups in total. The molecule has 7 nitrogen and oxygen atoms in total. The van der Waals surface area contributed by atoms with Crippen molar-refractivity contribution in [2.75, 3.05) is 33.0 Å². The van der Waals surface area contributed by atoms with Gasteiger partial charge < -0.3 is 14.4 Å². The van der Waals surface area contributed by atoms with Gasteiger partial charge in [-0.25, -0.2) is 4.98 Å². The number of benzene rings is 1. The molecule has 2 aromatic rings. The summed E-state index contributed by atoms with van der Waals surface area (Å²) in [7, 11) is 0. The summed E-state index contributed by atoms with van der Waals surface area (Å²) in [6.07, 6.45) is 1.47. The minimum atomic E-state index is -0.0373. The molecule has 0 radical (unpaired) electrons. The topological polar surface area (TPSA) is 78.7 Å². The number of pyridine rings is 1. The molecule has 7 heteroatoms. The summed E-state index contributed by atoms with van der Waals surface area (Å²) < 4.78 is 10.8. The number of carbonyl (C=O) groups excluding carboxylic acids is 1. The van der Waals surface area contributed by atoms with Gasteiger partial charge in [-0.2, -0.15) is 5.26 Å². The van der Waals surface area contributed by atoms with Gasteiger partial charge in [0.25, 0.3) is 5.91 Å². The number of piperazine rings is 1. The summed E-state index contributed by atoms with van der Waals surface area (Å²) in [4.78, 5) is 20.7. The monoisotopic (exact) mass is 350 g/mol. The third-order valence-corrected chi connectivity index (χ3v) is 4.63. The highest BCUT2D eigenvalue weighted by Gasteiger charge is 2.23. The molecule has 1 saturated heterocycles. The Bertz CT molecular complexity index is 852. The van der Waals surface area contributed by atoms with E-state index in [2.05, 4.69) is 9.88 Å². The van der Waals surface area contributed by atoms with Crippen molar-refractivity contribution >= 4 is 5.91 Å². The Balaban J connectivity index is 1.33. The number of ether oxygens (including phenoxy) is 2. The Morgan fingerprint density at radius 3 is 2.65 bits per heavy atom. The molecule has 2 aliphatic rings. The van der Waals surface area contributed by atoms with Gasteiger partial charge in [0.15, 0.2) is 11.5 Å². The lowest BCUT2D eigenvalue weighted by atomic mass is 10.1. The van der Waals surface area contributed by atoms with E-state index >= 15 is 0 Å². The quantitative estimate of drug-likeness (QED) is 0.837.